The second-order valence-electron chi connectivity index (χ2n) is 5.77. The molecule has 0 fully saturated rings. The van der Waals surface area contributed by atoms with E-state index >= 15 is 0 Å². The number of carbonyl (C=O) groups is 2. The van der Waals surface area contributed by atoms with Gasteiger partial charge in [-0.25, -0.2) is 0 Å². The van der Waals surface area contributed by atoms with E-state index in [0.717, 1.165) is 11.1 Å². The van der Waals surface area contributed by atoms with Gasteiger partial charge in [-0.1, -0.05) is 18.2 Å². The number of ether oxygens (including phenoxy) is 2. The van der Waals surface area contributed by atoms with Gasteiger partial charge in [-0.3, -0.25) is 25.8 Å². The molecule has 142 valence electrons. The summed E-state index contributed by atoms with van der Waals surface area (Å²) >= 11 is 5.00. The van der Waals surface area contributed by atoms with Crippen molar-refractivity contribution in [3.05, 3.63) is 59.2 Å². The minimum atomic E-state index is -0.453. The SMILES string of the molecule is COc1ccccc1C(=O)NC(=S)NNC(=O)COc1cc(C)cc(C)c1. The van der Waals surface area contributed by atoms with Crippen LogP contribution in [0.2, 0.25) is 0 Å². The lowest BCUT2D eigenvalue weighted by molar-refractivity contribution is -0.123. The van der Waals surface area contributed by atoms with Gasteiger partial charge in [-0.05, 0) is 61.5 Å². The molecule has 0 aromatic heterocycles. The smallest absolute Gasteiger partial charge is 0.276 e. The largest absolute Gasteiger partial charge is 0.496 e. The predicted molar refractivity (Wildman–Crippen MR) is 106 cm³/mol. The molecule has 7 nitrogen and oxygen atoms in total. The van der Waals surface area contributed by atoms with E-state index in [-0.39, 0.29) is 11.7 Å². The van der Waals surface area contributed by atoms with E-state index in [9.17, 15) is 9.59 Å². The van der Waals surface area contributed by atoms with Crippen molar-refractivity contribution in [2.24, 2.45) is 0 Å². The summed E-state index contributed by atoms with van der Waals surface area (Å²) < 4.78 is 10.6. The molecule has 0 saturated heterocycles. The van der Waals surface area contributed by atoms with Gasteiger partial charge in [-0.2, -0.15) is 0 Å². The minimum Gasteiger partial charge on any atom is -0.496 e. The topological polar surface area (TPSA) is 88.7 Å². The van der Waals surface area contributed by atoms with E-state index < -0.39 is 11.8 Å². The number of hydrogen-bond acceptors (Lipinski definition) is 5. The number of benzene rings is 2. The zero-order chi connectivity index (χ0) is 19.8. The van der Waals surface area contributed by atoms with Gasteiger partial charge >= 0.3 is 0 Å². The molecule has 0 saturated carbocycles. The molecule has 3 N–H and O–H groups in total. The Hall–Kier alpha value is -3.13. The molecule has 2 aromatic rings. The van der Waals surface area contributed by atoms with Crippen LogP contribution < -0.4 is 25.6 Å². The summed E-state index contributed by atoms with van der Waals surface area (Å²) in [6.45, 7) is 3.70. The Labute approximate surface area is 163 Å². The molecule has 2 amide bonds. The number of hydrogen-bond donors (Lipinski definition) is 3. The molecular formula is C19H21N3O4S. The zero-order valence-corrected chi connectivity index (χ0v) is 16.1. The molecular weight excluding hydrogens is 366 g/mol. The molecule has 0 aliphatic carbocycles. The van der Waals surface area contributed by atoms with Crippen molar-refractivity contribution in [3.8, 4) is 11.5 Å². The zero-order valence-electron chi connectivity index (χ0n) is 15.3. The fourth-order valence-electron chi connectivity index (χ4n) is 2.36. The summed E-state index contributed by atoms with van der Waals surface area (Å²) in [6.07, 6.45) is 0. The van der Waals surface area contributed by atoms with Crippen LogP contribution in [-0.4, -0.2) is 30.6 Å². The third-order valence-corrected chi connectivity index (χ3v) is 3.66. The molecule has 0 aliphatic heterocycles. The summed E-state index contributed by atoms with van der Waals surface area (Å²) in [5, 5.41) is 2.41. The van der Waals surface area contributed by atoms with E-state index in [0.29, 0.717) is 17.1 Å². The second-order valence-corrected chi connectivity index (χ2v) is 6.18. The van der Waals surface area contributed by atoms with Crippen LogP contribution in [0, 0.1) is 13.8 Å². The molecule has 8 heteroatoms. The van der Waals surface area contributed by atoms with Crippen molar-refractivity contribution >= 4 is 29.1 Å². The van der Waals surface area contributed by atoms with Crippen LogP contribution >= 0.6 is 12.2 Å². The van der Waals surface area contributed by atoms with Crippen molar-refractivity contribution in [2.75, 3.05) is 13.7 Å². The first-order valence-corrected chi connectivity index (χ1v) is 8.54. The number of nitrogens with one attached hydrogen (secondary N) is 3. The molecule has 27 heavy (non-hydrogen) atoms. The van der Waals surface area contributed by atoms with Gasteiger partial charge in [-0.15, -0.1) is 0 Å². The molecule has 2 aromatic carbocycles. The van der Waals surface area contributed by atoms with Crippen molar-refractivity contribution in [1.82, 2.24) is 16.2 Å². The fourth-order valence-corrected chi connectivity index (χ4v) is 2.51. The summed E-state index contributed by atoms with van der Waals surface area (Å²) in [5.74, 6) is 0.132. The first-order chi connectivity index (χ1) is 12.9. The summed E-state index contributed by atoms with van der Waals surface area (Å²) in [5.41, 5.74) is 7.24. The van der Waals surface area contributed by atoms with Crippen LogP contribution in [0.1, 0.15) is 21.5 Å². The third-order valence-electron chi connectivity index (χ3n) is 3.46. The number of rotatable bonds is 5. The Bertz CT molecular complexity index is 834. The highest BCUT2D eigenvalue weighted by Crippen LogP contribution is 2.17. The van der Waals surface area contributed by atoms with Crippen LogP contribution in [0.25, 0.3) is 0 Å². The second kappa shape index (κ2) is 9.54. The first-order valence-electron chi connectivity index (χ1n) is 8.13. The summed E-state index contributed by atoms with van der Waals surface area (Å²) in [4.78, 5) is 24.1. The molecule has 2 rings (SSSR count). The predicted octanol–water partition coefficient (Wildman–Crippen LogP) is 2.03. The van der Waals surface area contributed by atoms with Gasteiger partial charge in [0.2, 0.25) is 0 Å². The summed E-state index contributed by atoms with van der Waals surface area (Å²) in [6, 6.07) is 12.4. The molecule has 0 heterocycles. The van der Waals surface area contributed by atoms with Crippen LogP contribution in [0.4, 0.5) is 0 Å². The molecule has 0 unspecified atom stereocenters. The van der Waals surface area contributed by atoms with Crippen molar-refractivity contribution < 1.29 is 19.1 Å². The highest BCUT2D eigenvalue weighted by Gasteiger charge is 2.13. The number of thiocarbonyl (C=S) groups is 1. The van der Waals surface area contributed by atoms with E-state index in [1.807, 2.05) is 32.0 Å². The van der Waals surface area contributed by atoms with E-state index in [4.69, 9.17) is 21.7 Å². The Balaban J connectivity index is 1.79. The lowest BCUT2D eigenvalue weighted by Crippen LogP contribution is -2.49. The lowest BCUT2D eigenvalue weighted by Gasteiger charge is -2.13. The van der Waals surface area contributed by atoms with Crippen molar-refractivity contribution in [3.63, 3.8) is 0 Å². The van der Waals surface area contributed by atoms with E-state index in [1.165, 1.54) is 7.11 Å². The Morgan fingerprint density at radius 3 is 2.37 bits per heavy atom. The molecule has 0 bridgehead atoms. The first kappa shape index (κ1) is 20.2. The van der Waals surface area contributed by atoms with Gasteiger partial charge < -0.3 is 9.47 Å². The van der Waals surface area contributed by atoms with Crippen LogP contribution in [0.3, 0.4) is 0 Å². The number of para-hydroxylation sites is 1. The molecule has 0 aliphatic rings. The molecule has 0 radical (unpaired) electrons. The van der Waals surface area contributed by atoms with Crippen molar-refractivity contribution in [1.29, 1.82) is 0 Å². The van der Waals surface area contributed by atoms with Gasteiger partial charge in [0.25, 0.3) is 11.8 Å². The normalized spacial score (nSPS) is 9.89. The molecule has 0 spiro atoms. The average molecular weight is 387 g/mol. The maximum absolute atomic E-state index is 12.2. The third kappa shape index (κ3) is 6.27. The van der Waals surface area contributed by atoms with Crippen LogP contribution in [-0.2, 0) is 4.79 Å². The maximum Gasteiger partial charge on any atom is 0.276 e. The number of carbonyl (C=O) groups excluding carboxylic acids is 2. The Kier molecular flexibility index (Phi) is 7.13. The highest BCUT2D eigenvalue weighted by atomic mass is 32.1. The van der Waals surface area contributed by atoms with Crippen LogP contribution in [0.5, 0.6) is 11.5 Å². The van der Waals surface area contributed by atoms with Crippen LogP contribution in [0.15, 0.2) is 42.5 Å². The van der Waals surface area contributed by atoms with Gasteiger partial charge in [0.1, 0.15) is 11.5 Å². The van der Waals surface area contributed by atoms with Crippen molar-refractivity contribution in [2.45, 2.75) is 13.8 Å². The van der Waals surface area contributed by atoms with Gasteiger partial charge in [0, 0.05) is 0 Å². The quantitative estimate of drug-likeness (QED) is 0.537. The van der Waals surface area contributed by atoms with Gasteiger partial charge in [0.15, 0.2) is 11.7 Å². The number of aryl methyl sites for hydroxylation is 2. The number of methoxy groups -OCH3 is 1. The number of amides is 2. The maximum atomic E-state index is 12.2. The van der Waals surface area contributed by atoms with E-state index in [1.54, 1.807) is 24.3 Å². The average Bonchev–Trinajstić information content (AvgIpc) is 2.63. The highest BCUT2D eigenvalue weighted by molar-refractivity contribution is 7.80. The Morgan fingerprint density at radius 2 is 1.70 bits per heavy atom. The fraction of sp³-hybridized carbons (Fsp3) is 0.211. The lowest BCUT2D eigenvalue weighted by atomic mass is 10.1. The number of hydrazine groups is 1. The summed E-state index contributed by atoms with van der Waals surface area (Å²) in [7, 11) is 1.47. The standard InChI is InChI=1S/C19H21N3O4S/c1-12-8-13(2)10-14(9-12)26-11-17(23)21-22-19(27)20-18(24)15-6-4-5-7-16(15)25-3/h4-10H,11H2,1-3H3,(H,21,23)(H2,20,22,24,27). The van der Waals surface area contributed by atoms with E-state index in [2.05, 4.69) is 16.2 Å². The Morgan fingerprint density at radius 1 is 1.04 bits per heavy atom. The molecule has 0 atom stereocenters. The minimum absolute atomic E-state index is 0.0503. The monoisotopic (exact) mass is 387 g/mol. The van der Waals surface area contributed by atoms with Gasteiger partial charge in [0.05, 0.1) is 12.7 Å².